The highest BCUT2D eigenvalue weighted by Crippen LogP contribution is 2.27. The third-order valence-corrected chi connectivity index (χ3v) is 4.14. The highest BCUT2D eigenvalue weighted by atomic mass is 16.6. The van der Waals surface area contributed by atoms with Gasteiger partial charge < -0.3 is 10.2 Å². The van der Waals surface area contributed by atoms with Crippen LogP contribution in [0.5, 0.6) is 0 Å². The van der Waals surface area contributed by atoms with Crippen molar-refractivity contribution < 1.29 is 4.92 Å². The minimum Gasteiger partial charge on any atom is -0.361 e. The lowest BCUT2D eigenvalue weighted by Gasteiger charge is -2.35. The molecule has 0 saturated carbocycles. The molecule has 0 aliphatic rings. The maximum absolute atomic E-state index is 12.4. The Morgan fingerprint density at radius 1 is 1.42 bits per heavy atom. The molecule has 0 aliphatic heterocycles. The summed E-state index contributed by atoms with van der Waals surface area (Å²) in [5, 5.41) is 14.5. The number of fused-ring (bicyclic) bond motifs is 1. The number of aromatic nitrogens is 2. The monoisotopic (exact) mass is 333 g/mol. The Bertz CT molecular complexity index is 813. The summed E-state index contributed by atoms with van der Waals surface area (Å²) < 4.78 is 1.18. The predicted molar refractivity (Wildman–Crippen MR) is 93.5 cm³/mol. The number of nitro groups is 1. The molecule has 2 heterocycles. The van der Waals surface area contributed by atoms with E-state index < -0.39 is 16.2 Å². The summed E-state index contributed by atoms with van der Waals surface area (Å²) in [6.07, 6.45) is 1.47. The first kappa shape index (κ1) is 17.9. The van der Waals surface area contributed by atoms with E-state index in [4.69, 9.17) is 0 Å². The van der Waals surface area contributed by atoms with Gasteiger partial charge in [0.25, 0.3) is 0 Å². The van der Waals surface area contributed by atoms with Gasteiger partial charge >= 0.3 is 11.2 Å². The van der Waals surface area contributed by atoms with E-state index in [2.05, 4.69) is 29.0 Å². The summed E-state index contributed by atoms with van der Waals surface area (Å²) in [7, 11) is 3.94. The Labute approximate surface area is 140 Å². The van der Waals surface area contributed by atoms with Crippen LogP contribution in [0.15, 0.2) is 29.2 Å². The van der Waals surface area contributed by atoms with E-state index >= 15 is 0 Å². The van der Waals surface area contributed by atoms with Crippen molar-refractivity contribution in [2.45, 2.75) is 26.8 Å². The topological polar surface area (TPSA) is 92.8 Å². The van der Waals surface area contributed by atoms with Crippen LogP contribution < -0.4 is 10.9 Å². The number of pyridine rings is 1. The van der Waals surface area contributed by atoms with E-state index in [0.717, 1.165) is 6.54 Å². The van der Waals surface area contributed by atoms with Crippen molar-refractivity contribution in [3.63, 3.8) is 0 Å². The zero-order chi connectivity index (χ0) is 18.1. The van der Waals surface area contributed by atoms with Crippen LogP contribution in [-0.4, -0.2) is 45.9 Å². The summed E-state index contributed by atoms with van der Waals surface area (Å²) in [5.41, 5.74) is -1.04. The van der Waals surface area contributed by atoms with Gasteiger partial charge in [-0.1, -0.05) is 19.9 Å². The Morgan fingerprint density at radius 2 is 2.08 bits per heavy atom. The third kappa shape index (κ3) is 3.53. The summed E-state index contributed by atoms with van der Waals surface area (Å²) in [4.78, 5) is 29.5. The fourth-order valence-electron chi connectivity index (χ4n) is 2.70. The van der Waals surface area contributed by atoms with Crippen molar-refractivity contribution in [2.24, 2.45) is 5.41 Å². The molecule has 24 heavy (non-hydrogen) atoms. The van der Waals surface area contributed by atoms with Crippen LogP contribution >= 0.6 is 0 Å². The van der Waals surface area contributed by atoms with Gasteiger partial charge in [0.1, 0.15) is 5.65 Å². The lowest BCUT2D eigenvalue weighted by molar-refractivity contribution is -0.385. The number of nitrogens with one attached hydrogen (secondary N) is 1. The lowest BCUT2D eigenvalue weighted by Crippen LogP contribution is -2.41. The van der Waals surface area contributed by atoms with Crippen LogP contribution in [0.1, 0.15) is 20.8 Å². The van der Waals surface area contributed by atoms with Gasteiger partial charge in [0.15, 0.2) is 0 Å². The number of hydrogen-bond acceptors (Lipinski definition) is 6. The van der Waals surface area contributed by atoms with E-state index in [1.165, 1.54) is 10.6 Å². The van der Waals surface area contributed by atoms with Crippen molar-refractivity contribution >= 4 is 17.2 Å². The molecule has 0 aromatic carbocycles. The standard InChI is InChI=1S/C16H23N5O3/c1-11(16(2,3)10-19(4)5)17-14-13(21(23)24)15(22)20-9-7-6-8-12(20)18-14/h6-9,11,17H,10H2,1-5H3. The molecule has 0 fully saturated rings. The Hall–Kier alpha value is -2.48. The van der Waals surface area contributed by atoms with Gasteiger partial charge in [0, 0.05) is 18.8 Å². The molecule has 1 N–H and O–H groups in total. The smallest absolute Gasteiger partial charge is 0.361 e. The predicted octanol–water partition coefficient (Wildman–Crippen LogP) is 1.99. The molecule has 130 valence electrons. The van der Waals surface area contributed by atoms with Crippen LogP contribution in [0.3, 0.4) is 0 Å². The van der Waals surface area contributed by atoms with E-state index in [9.17, 15) is 14.9 Å². The normalized spacial score (nSPS) is 13.2. The molecular weight excluding hydrogens is 310 g/mol. The molecule has 8 nitrogen and oxygen atoms in total. The maximum Gasteiger partial charge on any atom is 0.376 e. The minimum absolute atomic E-state index is 0.00975. The first-order valence-electron chi connectivity index (χ1n) is 7.70. The SMILES string of the molecule is CC(Nc1nc2ccccn2c(=O)c1[N+](=O)[O-])C(C)(C)CN(C)C. The van der Waals surface area contributed by atoms with Gasteiger partial charge in [-0.3, -0.25) is 19.3 Å². The quantitative estimate of drug-likeness (QED) is 0.642. The molecular formula is C16H23N5O3. The number of anilines is 1. The van der Waals surface area contributed by atoms with Gasteiger partial charge in [-0.2, -0.15) is 0 Å². The fraction of sp³-hybridized carbons (Fsp3) is 0.500. The van der Waals surface area contributed by atoms with Crippen molar-refractivity contribution in [3.05, 3.63) is 44.9 Å². The van der Waals surface area contributed by atoms with Crippen LogP contribution in [0, 0.1) is 15.5 Å². The summed E-state index contributed by atoms with van der Waals surface area (Å²) in [6, 6.07) is 4.88. The average molecular weight is 333 g/mol. The number of rotatable bonds is 6. The van der Waals surface area contributed by atoms with Crippen LogP contribution in [0.4, 0.5) is 11.5 Å². The molecule has 1 unspecified atom stereocenters. The van der Waals surface area contributed by atoms with E-state index in [-0.39, 0.29) is 17.3 Å². The first-order chi connectivity index (χ1) is 11.1. The zero-order valence-corrected chi connectivity index (χ0v) is 14.6. The van der Waals surface area contributed by atoms with Crippen molar-refractivity contribution in [1.82, 2.24) is 14.3 Å². The van der Waals surface area contributed by atoms with E-state index in [0.29, 0.717) is 5.65 Å². The summed E-state index contributed by atoms with van der Waals surface area (Å²) in [5.74, 6) is 0.00975. The third-order valence-electron chi connectivity index (χ3n) is 4.14. The molecule has 0 radical (unpaired) electrons. The molecule has 0 amide bonds. The van der Waals surface area contributed by atoms with Gasteiger partial charge in [-0.05, 0) is 38.6 Å². The van der Waals surface area contributed by atoms with Gasteiger partial charge in [0.05, 0.1) is 4.92 Å². The van der Waals surface area contributed by atoms with Gasteiger partial charge in [-0.25, -0.2) is 4.98 Å². The molecule has 2 aromatic rings. The van der Waals surface area contributed by atoms with Gasteiger partial charge in [0.2, 0.25) is 5.82 Å². The highest BCUT2D eigenvalue weighted by molar-refractivity contribution is 5.60. The van der Waals surface area contributed by atoms with Gasteiger partial charge in [-0.15, -0.1) is 0 Å². The largest absolute Gasteiger partial charge is 0.376 e. The van der Waals surface area contributed by atoms with Crippen LogP contribution in [0.2, 0.25) is 0 Å². The fourth-order valence-corrected chi connectivity index (χ4v) is 2.70. The molecule has 2 aromatic heterocycles. The number of nitrogens with zero attached hydrogens (tertiary/aromatic N) is 4. The zero-order valence-electron chi connectivity index (χ0n) is 14.6. The summed E-state index contributed by atoms with van der Waals surface area (Å²) in [6.45, 7) is 6.83. The molecule has 1 atom stereocenters. The molecule has 8 heteroatoms. The average Bonchev–Trinajstić information content (AvgIpc) is 2.45. The van der Waals surface area contributed by atoms with Crippen molar-refractivity contribution in [3.8, 4) is 0 Å². The number of hydrogen-bond donors (Lipinski definition) is 1. The molecule has 0 aliphatic carbocycles. The minimum atomic E-state index is -0.689. The first-order valence-corrected chi connectivity index (χ1v) is 7.70. The second kappa shape index (κ2) is 6.56. The highest BCUT2D eigenvalue weighted by Gasteiger charge is 2.31. The van der Waals surface area contributed by atoms with E-state index in [1.807, 2.05) is 21.0 Å². The summed E-state index contributed by atoms with van der Waals surface area (Å²) >= 11 is 0. The molecule has 0 saturated heterocycles. The maximum atomic E-state index is 12.4. The van der Waals surface area contributed by atoms with E-state index in [1.54, 1.807) is 18.2 Å². The molecule has 0 spiro atoms. The van der Waals surface area contributed by atoms with Crippen LogP contribution in [0.25, 0.3) is 5.65 Å². The molecule has 0 bridgehead atoms. The molecule has 2 rings (SSSR count). The second-order valence-electron chi connectivity index (χ2n) is 6.89. The van der Waals surface area contributed by atoms with Crippen molar-refractivity contribution in [2.75, 3.05) is 26.0 Å². The lowest BCUT2D eigenvalue weighted by atomic mass is 9.85. The Morgan fingerprint density at radius 3 is 2.67 bits per heavy atom. The van der Waals surface area contributed by atoms with Crippen LogP contribution in [-0.2, 0) is 0 Å². The Balaban J connectivity index is 2.50. The second-order valence-corrected chi connectivity index (χ2v) is 6.89. The van der Waals surface area contributed by atoms with Crippen molar-refractivity contribution in [1.29, 1.82) is 0 Å². The Kier molecular flexibility index (Phi) is 4.88.